The Labute approximate surface area is 125 Å². The summed E-state index contributed by atoms with van der Waals surface area (Å²) in [5.41, 5.74) is 0.585. The van der Waals surface area contributed by atoms with Crippen molar-refractivity contribution in [2.75, 3.05) is 33.2 Å². The topological polar surface area (TPSA) is 53.8 Å². The second-order valence-corrected chi connectivity index (χ2v) is 7.36. The first kappa shape index (κ1) is 15.8. The van der Waals surface area contributed by atoms with Crippen LogP contribution in [0.1, 0.15) is 23.5 Å². The van der Waals surface area contributed by atoms with Crippen LogP contribution < -0.4 is 0 Å². The number of nitrogens with zero attached hydrogens (tertiary/aromatic N) is 2. The average Bonchev–Trinajstić information content (AvgIpc) is 2.54. The molecule has 2 rings (SSSR count). The third-order valence-corrected chi connectivity index (χ3v) is 6.10. The van der Waals surface area contributed by atoms with Gasteiger partial charge in [0.25, 0.3) is 0 Å². The van der Waals surface area contributed by atoms with Gasteiger partial charge in [0.1, 0.15) is 16.4 Å². The highest BCUT2D eigenvalue weighted by Gasteiger charge is 2.32. The van der Waals surface area contributed by atoms with Gasteiger partial charge in [-0.3, -0.25) is 0 Å². The Bertz CT molecular complexity index is 583. The van der Waals surface area contributed by atoms with Crippen molar-refractivity contribution in [1.82, 2.24) is 9.21 Å². The number of furan rings is 1. The summed E-state index contributed by atoms with van der Waals surface area (Å²) in [6.07, 6.45) is 0.835. The van der Waals surface area contributed by atoms with Crippen molar-refractivity contribution < 1.29 is 12.8 Å². The minimum absolute atomic E-state index is 0.144. The molecular weight excluding hydrogens is 300 g/mol. The maximum Gasteiger partial charge on any atom is 0.246 e. The number of halogens is 1. The molecule has 20 heavy (non-hydrogen) atoms. The largest absolute Gasteiger partial charge is 0.465 e. The van der Waals surface area contributed by atoms with Gasteiger partial charge in [0, 0.05) is 25.2 Å². The van der Waals surface area contributed by atoms with Crippen LogP contribution in [0.5, 0.6) is 0 Å². The highest BCUT2D eigenvalue weighted by molar-refractivity contribution is 7.89. The third kappa shape index (κ3) is 2.88. The Hall–Kier alpha value is -0.560. The van der Waals surface area contributed by atoms with Crippen molar-refractivity contribution >= 4 is 21.6 Å². The second-order valence-electron chi connectivity index (χ2n) is 5.22. The van der Waals surface area contributed by atoms with E-state index >= 15 is 0 Å². The molecule has 5 nitrogen and oxygen atoms in total. The molecule has 0 radical (unpaired) electrons. The third-order valence-electron chi connectivity index (χ3n) is 3.73. The summed E-state index contributed by atoms with van der Waals surface area (Å²) in [6, 6.07) is 0. The fraction of sp³-hybridized carbons (Fsp3) is 0.692. The SMILES string of the molecule is Cc1oc(C)c(S(=O)(=O)N2CCCN(C)CC2)c1CCl. The Kier molecular flexibility index (Phi) is 4.79. The Morgan fingerprint density at radius 1 is 1.15 bits per heavy atom. The Balaban J connectivity index is 2.40. The van der Waals surface area contributed by atoms with Gasteiger partial charge in [0.2, 0.25) is 10.0 Å². The number of aryl methyl sites for hydroxylation is 2. The van der Waals surface area contributed by atoms with E-state index in [0.717, 1.165) is 19.5 Å². The molecule has 1 aliphatic heterocycles. The van der Waals surface area contributed by atoms with Crippen LogP contribution in [0.15, 0.2) is 9.31 Å². The van der Waals surface area contributed by atoms with E-state index in [-0.39, 0.29) is 10.8 Å². The highest BCUT2D eigenvalue weighted by atomic mass is 35.5. The van der Waals surface area contributed by atoms with Crippen molar-refractivity contribution in [2.24, 2.45) is 0 Å². The first-order chi connectivity index (χ1) is 9.37. The quantitative estimate of drug-likeness (QED) is 0.799. The van der Waals surface area contributed by atoms with E-state index in [1.165, 1.54) is 0 Å². The molecule has 0 aliphatic carbocycles. The van der Waals surface area contributed by atoms with Gasteiger partial charge in [0.15, 0.2) is 0 Å². The minimum Gasteiger partial charge on any atom is -0.465 e. The van der Waals surface area contributed by atoms with Gasteiger partial charge in [-0.25, -0.2) is 8.42 Å². The van der Waals surface area contributed by atoms with Crippen LogP contribution in [0.4, 0.5) is 0 Å². The maximum absolute atomic E-state index is 12.8. The zero-order valence-electron chi connectivity index (χ0n) is 12.1. The first-order valence-electron chi connectivity index (χ1n) is 6.71. The van der Waals surface area contributed by atoms with Crippen LogP contribution in [-0.4, -0.2) is 50.8 Å². The van der Waals surface area contributed by atoms with E-state index in [4.69, 9.17) is 16.0 Å². The van der Waals surface area contributed by atoms with Crippen molar-refractivity contribution in [3.05, 3.63) is 17.1 Å². The summed E-state index contributed by atoms with van der Waals surface area (Å²) in [4.78, 5) is 2.40. The molecule has 1 aromatic rings. The first-order valence-corrected chi connectivity index (χ1v) is 8.69. The molecule has 0 bridgehead atoms. The fourth-order valence-electron chi connectivity index (χ4n) is 2.59. The predicted octanol–water partition coefficient (Wildman–Crippen LogP) is 1.96. The highest BCUT2D eigenvalue weighted by Crippen LogP contribution is 2.30. The molecule has 1 aromatic heterocycles. The fourth-order valence-corrected chi connectivity index (χ4v) is 4.88. The molecule has 1 saturated heterocycles. The zero-order valence-corrected chi connectivity index (χ0v) is 13.7. The van der Waals surface area contributed by atoms with Crippen molar-refractivity contribution in [2.45, 2.75) is 31.0 Å². The summed E-state index contributed by atoms with van der Waals surface area (Å²) in [5.74, 6) is 1.16. The summed E-state index contributed by atoms with van der Waals surface area (Å²) in [6.45, 7) is 6.13. The zero-order chi connectivity index (χ0) is 14.9. The van der Waals surface area contributed by atoms with Gasteiger partial charge in [-0.2, -0.15) is 4.31 Å². The lowest BCUT2D eigenvalue weighted by Crippen LogP contribution is -2.35. The van der Waals surface area contributed by atoms with Crippen molar-refractivity contribution in [1.29, 1.82) is 0 Å². The smallest absolute Gasteiger partial charge is 0.246 e. The number of hydrogen-bond donors (Lipinski definition) is 0. The van der Waals surface area contributed by atoms with Gasteiger partial charge in [0.05, 0.1) is 5.88 Å². The van der Waals surface area contributed by atoms with Gasteiger partial charge < -0.3 is 9.32 Å². The summed E-state index contributed by atoms with van der Waals surface area (Å²) < 4.78 is 32.7. The van der Waals surface area contributed by atoms with E-state index in [0.29, 0.717) is 30.2 Å². The summed E-state index contributed by atoms with van der Waals surface area (Å²) in [5, 5.41) is 0. The molecule has 0 atom stereocenters. The minimum atomic E-state index is -3.53. The summed E-state index contributed by atoms with van der Waals surface area (Å²) >= 11 is 5.90. The van der Waals surface area contributed by atoms with Gasteiger partial charge in [-0.05, 0) is 33.9 Å². The molecule has 0 N–H and O–H groups in total. The molecule has 0 saturated carbocycles. The summed E-state index contributed by atoms with van der Waals surface area (Å²) in [7, 11) is -1.53. The molecule has 7 heteroatoms. The van der Waals surface area contributed by atoms with Crippen LogP contribution >= 0.6 is 11.6 Å². The van der Waals surface area contributed by atoms with E-state index in [1.807, 2.05) is 7.05 Å². The lowest BCUT2D eigenvalue weighted by Gasteiger charge is -2.20. The molecule has 0 aromatic carbocycles. The Morgan fingerprint density at radius 3 is 2.50 bits per heavy atom. The molecule has 0 unspecified atom stereocenters. The normalized spacial score (nSPS) is 19.2. The van der Waals surface area contributed by atoms with Crippen LogP contribution in [-0.2, 0) is 15.9 Å². The molecular formula is C13H21ClN2O3S. The average molecular weight is 321 g/mol. The number of likely N-dealkylation sites (N-methyl/N-ethyl adjacent to an activating group) is 1. The lowest BCUT2D eigenvalue weighted by molar-refractivity contribution is 0.347. The number of rotatable bonds is 3. The predicted molar refractivity (Wildman–Crippen MR) is 78.6 cm³/mol. The molecule has 114 valence electrons. The monoisotopic (exact) mass is 320 g/mol. The van der Waals surface area contributed by atoms with Crippen LogP contribution in [0.3, 0.4) is 0 Å². The second kappa shape index (κ2) is 6.05. The van der Waals surface area contributed by atoms with Gasteiger partial charge >= 0.3 is 0 Å². The van der Waals surface area contributed by atoms with Gasteiger partial charge in [-0.1, -0.05) is 0 Å². The van der Waals surface area contributed by atoms with E-state index < -0.39 is 10.0 Å². The molecule has 0 amide bonds. The van der Waals surface area contributed by atoms with Crippen LogP contribution in [0.25, 0.3) is 0 Å². The molecule has 1 aliphatic rings. The van der Waals surface area contributed by atoms with E-state index in [9.17, 15) is 8.42 Å². The van der Waals surface area contributed by atoms with Crippen LogP contribution in [0, 0.1) is 13.8 Å². The van der Waals surface area contributed by atoms with E-state index in [1.54, 1.807) is 18.2 Å². The molecule has 2 heterocycles. The molecule has 0 spiro atoms. The lowest BCUT2D eigenvalue weighted by atomic mass is 10.3. The van der Waals surface area contributed by atoms with Crippen LogP contribution in [0.2, 0.25) is 0 Å². The maximum atomic E-state index is 12.8. The number of sulfonamides is 1. The van der Waals surface area contributed by atoms with Crippen molar-refractivity contribution in [3.8, 4) is 0 Å². The standard InChI is InChI=1S/C13H21ClN2O3S/c1-10-12(9-14)13(11(2)19-10)20(17,18)16-6-4-5-15(3)7-8-16/h4-9H2,1-3H3. The van der Waals surface area contributed by atoms with Crippen molar-refractivity contribution in [3.63, 3.8) is 0 Å². The molecule has 1 fully saturated rings. The number of hydrogen-bond acceptors (Lipinski definition) is 4. The number of alkyl halides is 1. The van der Waals surface area contributed by atoms with E-state index in [2.05, 4.69) is 4.90 Å². The van der Waals surface area contributed by atoms with Gasteiger partial charge in [-0.15, -0.1) is 11.6 Å². The Morgan fingerprint density at radius 2 is 1.85 bits per heavy atom.